The maximum atomic E-state index is 13.3. The van der Waals surface area contributed by atoms with Gasteiger partial charge in [0, 0.05) is 19.0 Å². The Kier molecular flexibility index (Phi) is 4.40. The highest BCUT2D eigenvalue weighted by atomic mass is 19.4. The first-order chi connectivity index (χ1) is 13.3. The van der Waals surface area contributed by atoms with Gasteiger partial charge in [-0.3, -0.25) is 9.59 Å². The zero-order valence-corrected chi connectivity index (χ0v) is 14.8. The van der Waals surface area contributed by atoms with E-state index in [1.54, 1.807) is 30.3 Å². The summed E-state index contributed by atoms with van der Waals surface area (Å²) in [4.78, 5) is 26.1. The van der Waals surface area contributed by atoms with Gasteiger partial charge in [-0.15, -0.1) is 0 Å². The molecule has 2 aromatic carbocycles. The molecule has 0 aromatic heterocycles. The summed E-state index contributed by atoms with van der Waals surface area (Å²) in [5.74, 6) is -3.13. The second-order valence-electron chi connectivity index (χ2n) is 7.34. The van der Waals surface area contributed by atoms with E-state index in [1.165, 1.54) is 17.0 Å². The van der Waals surface area contributed by atoms with E-state index in [-0.39, 0.29) is 24.6 Å². The fraction of sp³-hybridized carbons (Fsp3) is 0.333. The van der Waals surface area contributed by atoms with Crippen molar-refractivity contribution in [1.82, 2.24) is 4.90 Å². The first kappa shape index (κ1) is 18.5. The minimum atomic E-state index is -4.47. The highest BCUT2D eigenvalue weighted by molar-refractivity contribution is 5.85. The number of benzene rings is 2. The second-order valence-corrected chi connectivity index (χ2v) is 7.34. The van der Waals surface area contributed by atoms with Crippen LogP contribution in [0.5, 0.6) is 0 Å². The van der Waals surface area contributed by atoms with E-state index in [0.717, 1.165) is 11.6 Å². The lowest BCUT2D eigenvalue weighted by Crippen LogP contribution is -2.41. The van der Waals surface area contributed by atoms with E-state index in [0.29, 0.717) is 12.0 Å². The number of carboxylic acid groups (broad SMARTS) is 1. The maximum Gasteiger partial charge on any atom is 0.416 e. The van der Waals surface area contributed by atoms with Crippen LogP contribution in [0.4, 0.5) is 13.2 Å². The summed E-state index contributed by atoms with van der Waals surface area (Å²) < 4.78 is 39.8. The molecule has 3 unspecified atom stereocenters. The van der Waals surface area contributed by atoms with Crippen LogP contribution in [-0.4, -0.2) is 28.4 Å². The number of nitrogens with zero attached hydrogens (tertiary/aromatic N) is 1. The Bertz CT molecular complexity index is 940. The van der Waals surface area contributed by atoms with Crippen molar-refractivity contribution >= 4 is 11.9 Å². The SMILES string of the molecule is O=C(O)C1CN(C(=O)C2CC2c2ccccc2C(F)(F)F)Cc2ccccc21. The van der Waals surface area contributed by atoms with Gasteiger partial charge in [0.05, 0.1) is 11.5 Å². The topological polar surface area (TPSA) is 57.6 Å². The van der Waals surface area contributed by atoms with Crippen LogP contribution in [0.3, 0.4) is 0 Å². The number of carbonyl (C=O) groups is 2. The number of aliphatic carboxylic acids is 1. The third-order valence-corrected chi connectivity index (χ3v) is 5.58. The van der Waals surface area contributed by atoms with Crippen molar-refractivity contribution in [3.63, 3.8) is 0 Å². The minimum absolute atomic E-state index is 0.0370. The van der Waals surface area contributed by atoms with Gasteiger partial charge in [-0.1, -0.05) is 42.5 Å². The molecule has 1 aliphatic heterocycles. The summed E-state index contributed by atoms with van der Waals surface area (Å²) in [6.07, 6.45) is -4.12. The number of halogens is 3. The first-order valence-electron chi connectivity index (χ1n) is 9.03. The number of alkyl halides is 3. The summed E-state index contributed by atoms with van der Waals surface area (Å²) in [5.41, 5.74) is 0.888. The molecule has 4 nitrogen and oxygen atoms in total. The summed E-state index contributed by atoms with van der Waals surface area (Å²) in [7, 11) is 0. The van der Waals surface area contributed by atoms with Crippen molar-refractivity contribution in [2.75, 3.05) is 6.54 Å². The highest BCUT2D eigenvalue weighted by Crippen LogP contribution is 2.52. The van der Waals surface area contributed by atoms with Crippen molar-refractivity contribution in [2.45, 2.75) is 31.0 Å². The molecule has 28 heavy (non-hydrogen) atoms. The number of amides is 1. The van der Waals surface area contributed by atoms with Gasteiger partial charge >= 0.3 is 12.1 Å². The lowest BCUT2D eigenvalue weighted by molar-refractivity contribution is -0.142. The second kappa shape index (κ2) is 6.65. The van der Waals surface area contributed by atoms with E-state index >= 15 is 0 Å². The van der Waals surface area contributed by atoms with Crippen LogP contribution in [0.25, 0.3) is 0 Å². The summed E-state index contributed by atoms with van der Waals surface area (Å²) in [6, 6.07) is 12.4. The van der Waals surface area contributed by atoms with E-state index < -0.39 is 35.5 Å². The van der Waals surface area contributed by atoms with Crippen LogP contribution in [0, 0.1) is 5.92 Å². The molecule has 2 aliphatic rings. The lowest BCUT2D eigenvalue weighted by Gasteiger charge is -2.33. The van der Waals surface area contributed by atoms with E-state index in [1.807, 2.05) is 0 Å². The number of carboxylic acids is 1. The van der Waals surface area contributed by atoms with Gasteiger partial charge in [-0.25, -0.2) is 0 Å². The molecule has 1 aliphatic carbocycles. The number of fused-ring (bicyclic) bond motifs is 1. The molecule has 4 rings (SSSR count). The average molecular weight is 389 g/mol. The molecule has 7 heteroatoms. The van der Waals surface area contributed by atoms with Gasteiger partial charge in [0.25, 0.3) is 0 Å². The van der Waals surface area contributed by atoms with Crippen molar-refractivity contribution in [3.8, 4) is 0 Å². The molecule has 146 valence electrons. The van der Waals surface area contributed by atoms with Gasteiger partial charge in [0.2, 0.25) is 5.91 Å². The van der Waals surface area contributed by atoms with Crippen LogP contribution in [0.2, 0.25) is 0 Å². The van der Waals surface area contributed by atoms with E-state index in [9.17, 15) is 27.9 Å². The van der Waals surface area contributed by atoms with Gasteiger partial charge in [-0.2, -0.15) is 13.2 Å². The summed E-state index contributed by atoms with van der Waals surface area (Å²) >= 11 is 0. The zero-order valence-electron chi connectivity index (χ0n) is 14.8. The number of hydrogen-bond acceptors (Lipinski definition) is 2. The Hall–Kier alpha value is -2.83. The van der Waals surface area contributed by atoms with Crippen LogP contribution >= 0.6 is 0 Å². The predicted octanol–water partition coefficient (Wildman–Crippen LogP) is 4.02. The molecule has 3 atom stereocenters. The molecule has 0 bridgehead atoms. The molecule has 1 amide bonds. The first-order valence-corrected chi connectivity index (χ1v) is 9.03. The smallest absolute Gasteiger partial charge is 0.416 e. The molecule has 1 N–H and O–H groups in total. The molecule has 1 heterocycles. The molecule has 1 saturated carbocycles. The van der Waals surface area contributed by atoms with Crippen molar-refractivity contribution in [2.24, 2.45) is 5.92 Å². The predicted molar refractivity (Wildman–Crippen MR) is 94.5 cm³/mol. The third-order valence-electron chi connectivity index (χ3n) is 5.58. The fourth-order valence-corrected chi connectivity index (χ4v) is 4.11. The largest absolute Gasteiger partial charge is 0.481 e. The fourth-order valence-electron chi connectivity index (χ4n) is 4.11. The molecular formula is C21H18F3NO3. The lowest BCUT2D eigenvalue weighted by atomic mass is 9.89. The summed E-state index contributed by atoms with van der Waals surface area (Å²) in [5, 5.41) is 9.53. The third kappa shape index (κ3) is 3.25. The van der Waals surface area contributed by atoms with Crippen molar-refractivity contribution in [3.05, 3.63) is 70.8 Å². The molecule has 0 radical (unpaired) electrons. The van der Waals surface area contributed by atoms with Gasteiger partial charge in [0.1, 0.15) is 0 Å². The van der Waals surface area contributed by atoms with Crippen molar-refractivity contribution in [1.29, 1.82) is 0 Å². The Morgan fingerprint density at radius 2 is 1.64 bits per heavy atom. The van der Waals surface area contributed by atoms with E-state index in [2.05, 4.69) is 0 Å². The minimum Gasteiger partial charge on any atom is -0.481 e. The number of carbonyl (C=O) groups excluding carboxylic acids is 1. The standard InChI is InChI=1S/C21H18F3NO3/c22-21(23,24)18-8-4-3-7-14(18)15-9-16(15)19(26)25-10-12-5-1-2-6-13(12)17(11-25)20(27)28/h1-8,15-17H,9-11H2,(H,27,28). The molecule has 0 saturated heterocycles. The molecule has 1 fully saturated rings. The van der Waals surface area contributed by atoms with Crippen LogP contribution in [0.1, 0.15) is 40.5 Å². The monoisotopic (exact) mass is 389 g/mol. The average Bonchev–Trinajstić information content (AvgIpc) is 3.46. The van der Waals surface area contributed by atoms with Gasteiger partial charge in [0.15, 0.2) is 0 Å². The Balaban J connectivity index is 1.56. The summed E-state index contributed by atoms with van der Waals surface area (Å²) in [6.45, 7) is 0.318. The normalized spacial score (nSPS) is 23.8. The Labute approximate surface area is 159 Å². The van der Waals surface area contributed by atoms with Gasteiger partial charge < -0.3 is 10.0 Å². The maximum absolute atomic E-state index is 13.3. The molecule has 2 aromatic rings. The molecule has 0 spiro atoms. The van der Waals surface area contributed by atoms with E-state index in [4.69, 9.17) is 0 Å². The number of hydrogen-bond donors (Lipinski definition) is 1. The van der Waals surface area contributed by atoms with Gasteiger partial charge in [-0.05, 0) is 35.1 Å². The van der Waals surface area contributed by atoms with Crippen LogP contribution in [-0.2, 0) is 22.3 Å². The van der Waals surface area contributed by atoms with Crippen LogP contribution in [0.15, 0.2) is 48.5 Å². The Morgan fingerprint density at radius 1 is 1.00 bits per heavy atom. The Morgan fingerprint density at radius 3 is 2.32 bits per heavy atom. The highest BCUT2D eigenvalue weighted by Gasteiger charge is 2.50. The quantitative estimate of drug-likeness (QED) is 0.863. The molecular weight excluding hydrogens is 371 g/mol. The van der Waals surface area contributed by atoms with Crippen molar-refractivity contribution < 1.29 is 27.9 Å². The van der Waals surface area contributed by atoms with Crippen LogP contribution < -0.4 is 0 Å². The number of rotatable bonds is 3. The zero-order chi connectivity index (χ0) is 20.1.